The number of aliphatic hydroxyl groups is 1. The maximum atomic E-state index is 11.1. The Morgan fingerprint density at radius 1 is 1.38 bits per heavy atom. The summed E-state index contributed by atoms with van der Waals surface area (Å²) in [6.45, 7) is 3.32. The van der Waals surface area contributed by atoms with Crippen LogP contribution in [0, 0.1) is 0 Å². The van der Waals surface area contributed by atoms with Gasteiger partial charge in [0, 0.05) is 17.2 Å². The van der Waals surface area contributed by atoms with Gasteiger partial charge in [-0.1, -0.05) is 0 Å². The number of methoxy groups -OCH3 is 1. The summed E-state index contributed by atoms with van der Waals surface area (Å²) in [4.78, 5) is 21.9. The molecule has 1 aliphatic rings. The molecule has 0 spiro atoms. The highest BCUT2D eigenvalue weighted by Gasteiger charge is 2.23. The zero-order valence-corrected chi connectivity index (χ0v) is 9.23. The molecule has 0 amide bonds. The minimum absolute atomic E-state index is 0.236. The molecule has 0 aliphatic carbocycles. The van der Waals surface area contributed by atoms with Crippen molar-refractivity contribution in [3.05, 3.63) is 34.8 Å². The summed E-state index contributed by atoms with van der Waals surface area (Å²) in [5.41, 5.74) is 1.12. The predicted octanol–water partition coefficient (Wildman–Crippen LogP) is 1.38. The number of rotatable bonds is 2. The second-order valence-electron chi connectivity index (χ2n) is 3.24. The number of hydrogen-bond donors (Lipinski definition) is 1. The Hall–Kier alpha value is -2.04. The van der Waals surface area contributed by atoms with E-state index >= 15 is 0 Å². The van der Waals surface area contributed by atoms with Gasteiger partial charge in [-0.2, -0.15) is 0 Å². The topological polar surface area (TPSA) is 72.8 Å². The summed E-state index contributed by atoms with van der Waals surface area (Å²) in [7, 11) is 1.20. The van der Waals surface area contributed by atoms with Gasteiger partial charge in [0.15, 0.2) is 0 Å². The summed E-state index contributed by atoms with van der Waals surface area (Å²) in [6.07, 6.45) is 2.09. The third-order valence-electron chi connectivity index (χ3n) is 2.19. The summed E-state index contributed by atoms with van der Waals surface area (Å²) >= 11 is 0. The van der Waals surface area contributed by atoms with Crippen LogP contribution in [0.1, 0.15) is 13.8 Å². The summed E-state index contributed by atoms with van der Waals surface area (Å²) in [5, 5.41) is 9.37. The zero-order chi connectivity index (χ0) is 12.3. The number of ether oxygens (including phenoxy) is 2. The van der Waals surface area contributed by atoms with Crippen molar-refractivity contribution in [3.63, 3.8) is 0 Å². The second kappa shape index (κ2) is 4.65. The molecule has 0 aromatic rings. The smallest absolute Gasteiger partial charge is 0.339 e. The standard InChI is InChI=1S/C11H12O5/c1-6-7(2)11(14)16-9(6)4-8(12)5-10(13)15-3/h4-5,12H,1-3H3/b8-5-,9-4-. The Bertz CT molecular complexity index is 426. The molecule has 0 radical (unpaired) electrons. The third-order valence-corrected chi connectivity index (χ3v) is 2.19. The molecule has 16 heavy (non-hydrogen) atoms. The first-order valence-corrected chi connectivity index (χ1v) is 4.56. The number of aliphatic hydroxyl groups excluding tert-OH is 1. The molecule has 0 unspecified atom stereocenters. The van der Waals surface area contributed by atoms with Crippen LogP contribution in [0.25, 0.3) is 0 Å². The fourth-order valence-corrected chi connectivity index (χ4v) is 1.08. The van der Waals surface area contributed by atoms with E-state index in [4.69, 9.17) is 4.74 Å². The lowest BCUT2D eigenvalue weighted by atomic mass is 10.1. The van der Waals surface area contributed by atoms with Crippen LogP contribution in [-0.4, -0.2) is 24.2 Å². The predicted molar refractivity (Wildman–Crippen MR) is 55.3 cm³/mol. The number of carbonyl (C=O) groups is 2. The van der Waals surface area contributed by atoms with Crippen molar-refractivity contribution in [2.24, 2.45) is 0 Å². The van der Waals surface area contributed by atoms with E-state index in [2.05, 4.69) is 4.74 Å². The number of cyclic esters (lactones) is 1. The monoisotopic (exact) mass is 224 g/mol. The lowest BCUT2D eigenvalue weighted by molar-refractivity contribution is -0.135. The molecule has 0 aromatic heterocycles. The van der Waals surface area contributed by atoms with Gasteiger partial charge in [-0.3, -0.25) is 0 Å². The van der Waals surface area contributed by atoms with Crippen molar-refractivity contribution in [3.8, 4) is 0 Å². The van der Waals surface area contributed by atoms with Crippen LogP contribution < -0.4 is 0 Å². The van der Waals surface area contributed by atoms with Crippen LogP contribution in [0.2, 0.25) is 0 Å². The van der Waals surface area contributed by atoms with Crippen molar-refractivity contribution in [2.45, 2.75) is 13.8 Å². The fraction of sp³-hybridized carbons (Fsp3) is 0.273. The van der Waals surface area contributed by atoms with E-state index < -0.39 is 11.9 Å². The highest BCUT2D eigenvalue weighted by atomic mass is 16.5. The van der Waals surface area contributed by atoms with Gasteiger partial charge in [0.05, 0.1) is 13.2 Å². The van der Waals surface area contributed by atoms with E-state index in [1.807, 2.05) is 0 Å². The van der Waals surface area contributed by atoms with Crippen LogP contribution >= 0.6 is 0 Å². The molecular weight excluding hydrogens is 212 g/mol. The van der Waals surface area contributed by atoms with Crippen molar-refractivity contribution in [1.82, 2.24) is 0 Å². The first-order chi connectivity index (χ1) is 7.45. The maximum Gasteiger partial charge on any atom is 0.339 e. The lowest BCUT2D eigenvalue weighted by Gasteiger charge is -1.98. The molecule has 1 heterocycles. The minimum Gasteiger partial charge on any atom is -0.508 e. The van der Waals surface area contributed by atoms with E-state index in [9.17, 15) is 14.7 Å². The Morgan fingerprint density at radius 2 is 2.00 bits per heavy atom. The average molecular weight is 224 g/mol. The lowest BCUT2D eigenvalue weighted by Crippen LogP contribution is -1.97. The Balaban J connectivity index is 2.92. The molecule has 0 aromatic carbocycles. The first-order valence-electron chi connectivity index (χ1n) is 4.56. The average Bonchev–Trinajstić information content (AvgIpc) is 2.46. The fourth-order valence-electron chi connectivity index (χ4n) is 1.08. The van der Waals surface area contributed by atoms with E-state index in [-0.39, 0.29) is 11.5 Å². The van der Waals surface area contributed by atoms with Crippen LogP contribution in [0.15, 0.2) is 34.8 Å². The summed E-state index contributed by atoms with van der Waals surface area (Å²) in [6, 6.07) is 0. The molecule has 0 fully saturated rings. The van der Waals surface area contributed by atoms with Crippen LogP contribution in [0.4, 0.5) is 0 Å². The van der Waals surface area contributed by atoms with Gasteiger partial charge in [0.2, 0.25) is 0 Å². The van der Waals surface area contributed by atoms with Gasteiger partial charge < -0.3 is 14.6 Å². The van der Waals surface area contributed by atoms with Gasteiger partial charge in [-0.05, 0) is 13.8 Å². The molecule has 1 rings (SSSR count). The maximum absolute atomic E-state index is 11.1. The molecule has 86 valence electrons. The quantitative estimate of drug-likeness (QED) is 0.435. The molecular formula is C11H12O5. The van der Waals surface area contributed by atoms with Crippen molar-refractivity contribution in [1.29, 1.82) is 0 Å². The Morgan fingerprint density at radius 3 is 2.44 bits per heavy atom. The van der Waals surface area contributed by atoms with Gasteiger partial charge in [-0.25, -0.2) is 9.59 Å². The minimum atomic E-state index is -0.683. The highest BCUT2D eigenvalue weighted by molar-refractivity contribution is 5.93. The Labute approximate surface area is 92.7 Å². The van der Waals surface area contributed by atoms with E-state index in [1.165, 1.54) is 13.2 Å². The van der Waals surface area contributed by atoms with Crippen LogP contribution in [0.3, 0.4) is 0 Å². The zero-order valence-electron chi connectivity index (χ0n) is 9.23. The van der Waals surface area contributed by atoms with Gasteiger partial charge in [0.25, 0.3) is 0 Å². The van der Waals surface area contributed by atoms with E-state index in [0.717, 1.165) is 6.08 Å². The summed E-state index contributed by atoms with van der Waals surface area (Å²) in [5.74, 6) is -1.23. The van der Waals surface area contributed by atoms with Crippen molar-refractivity contribution >= 4 is 11.9 Å². The molecule has 1 aliphatic heterocycles. The molecule has 5 nitrogen and oxygen atoms in total. The largest absolute Gasteiger partial charge is 0.508 e. The van der Waals surface area contributed by atoms with Crippen LogP contribution in [0.5, 0.6) is 0 Å². The van der Waals surface area contributed by atoms with Gasteiger partial charge in [-0.15, -0.1) is 0 Å². The number of carbonyl (C=O) groups excluding carboxylic acids is 2. The second-order valence-corrected chi connectivity index (χ2v) is 3.24. The van der Waals surface area contributed by atoms with E-state index in [0.29, 0.717) is 11.1 Å². The summed E-state index contributed by atoms with van der Waals surface area (Å²) < 4.78 is 9.20. The SMILES string of the molecule is COC(=O)/C=C(O)/C=C1\OC(=O)C(C)=C1C. The van der Waals surface area contributed by atoms with Crippen LogP contribution in [-0.2, 0) is 19.1 Å². The number of esters is 2. The molecule has 0 saturated heterocycles. The number of allylic oxidation sites excluding steroid dienone is 2. The normalized spacial score (nSPS) is 19.1. The van der Waals surface area contributed by atoms with Gasteiger partial charge >= 0.3 is 11.9 Å². The van der Waals surface area contributed by atoms with Crippen molar-refractivity contribution < 1.29 is 24.2 Å². The number of hydrogen-bond acceptors (Lipinski definition) is 5. The highest BCUT2D eigenvalue weighted by Crippen LogP contribution is 2.25. The molecule has 0 saturated carbocycles. The molecule has 1 N–H and O–H groups in total. The van der Waals surface area contributed by atoms with Gasteiger partial charge in [0.1, 0.15) is 11.5 Å². The third kappa shape index (κ3) is 2.50. The molecule has 0 atom stereocenters. The van der Waals surface area contributed by atoms with E-state index in [1.54, 1.807) is 13.8 Å². The first kappa shape index (κ1) is 12.0. The molecule has 5 heteroatoms. The van der Waals surface area contributed by atoms with Crippen molar-refractivity contribution in [2.75, 3.05) is 7.11 Å². The Kier molecular flexibility index (Phi) is 3.50. The molecule has 0 bridgehead atoms.